The molecule has 0 aliphatic carbocycles. The zero-order chi connectivity index (χ0) is 24.5. The predicted octanol–water partition coefficient (Wildman–Crippen LogP) is 4.66. The largest absolute Gasteiger partial charge is 0.348 e. The molecule has 1 unspecified atom stereocenters. The first-order valence-corrected chi connectivity index (χ1v) is 11.3. The minimum Gasteiger partial charge on any atom is -0.348 e. The third-order valence-electron chi connectivity index (χ3n) is 5.87. The molecule has 176 valence electrons. The standard InChI is InChI=1S/C27H25FN6O/c1-16(15-34(2)3)32-27(35)18-8-6-17(7-9-18)24-21(28)13-31-26-25(24)20-11-22(30-14-23(20)33-26)19-5-4-10-29-12-19/h4-14,16H,15H2,1-3H3,(H,31,33)(H,32,35). The van der Waals surface area contributed by atoms with Gasteiger partial charge in [-0.15, -0.1) is 0 Å². The van der Waals surface area contributed by atoms with Crippen LogP contribution in [0.4, 0.5) is 4.39 Å². The maximum atomic E-state index is 15.2. The van der Waals surface area contributed by atoms with Crippen molar-refractivity contribution in [1.29, 1.82) is 0 Å². The number of H-pyrrole nitrogens is 1. The van der Waals surface area contributed by atoms with E-state index in [1.807, 2.05) is 44.1 Å². The summed E-state index contributed by atoms with van der Waals surface area (Å²) in [5, 5.41) is 4.47. The first kappa shape index (κ1) is 22.6. The summed E-state index contributed by atoms with van der Waals surface area (Å²) >= 11 is 0. The number of carbonyl (C=O) groups excluding carboxylic acids is 1. The number of hydrogen-bond acceptors (Lipinski definition) is 5. The fourth-order valence-electron chi connectivity index (χ4n) is 4.38. The van der Waals surface area contributed by atoms with Crippen molar-refractivity contribution in [3.05, 3.63) is 78.6 Å². The number of benzene rings is 1. The maximum absolute atomic E-state index is 15.2. The fourth-order valence-corrected chi connectivity index (χ4v) is 4.38. The first-order chi connectivity index (χ1) is 16.9. The van der Waals surface area contributed by atoms with E-state index in [4.69, 9.17) is 0 Å². The lowest BCUT2D eigenvalue weighted by Crippen LogP contribution is -2.39. The Balaban J connectivity index is 1.56. The van der Waals surface area contributed by atoms with Crippen molar-refractivity contribution in [2.45, 2.75) is 13.0 Å². The predicted molar refractivity (Wildman–Crippen MR) is 136 cm³/mol. The summed E-state index contributed by atoms with van der Waals surface area (Å²) < 4.78 is 15.2. The molecule has 0 saturated heterocycles. The van der Waals surface area contributed by atoms with E-state index in [0.717, 1.165) is 28.7 Å². The monoisotopic (exact) mass is 468 g/mol. The number of hydrogen-bond donors (Lipinski definition) is 2. The summed E-state index contributed by atoms with van der Waals surface area (Å²) in [7, 11) is 3.92. The average molecular weight is 469 g/mol. The normalized spacial score (nSPS) is 12.4. The van der Waals surface area contributed by atoms with Crippen molar-refractivity contribution in [2.24, 2.45) is 0 Å². The molecule has 0 radical (unpaired) electrons. The van der Waals surface area contributed by atoms with Crippen LogP contribution in [0.3, 0.4) is 0 Å². The molecule has 0 saturated carbocycles. The Morgan fingerprint density at radius 3 is 2.60 bits per heavy atom. The van der Waals surface area contributed by atoms with Gasteiger partial charge in [-0.25, -0.2) is 9.37 Å². The molecule has 0 aliphatic heterocycles. The molecule has 0 spiro atoms. The van der Waals surface area contributed by atoms with Gasteiger partial charge in [-0.05, 0) is 56.9 Å². The van der Waals surface area contributed by atoms with Crippen molar-refractivity contribution < 1.29 is 9.18 Å². The number of pyridine rings is 3. The van der Waals surface area contributed by atoms with Gasteiger partial charge in [0.15, 0.2) is 0 Å². The number of halogens is 1. The van der Waals surface area contributed by atoms with Crippen LogP contribution < -0.4 is 5.32 Å². The van der Waals surface area contributed by atoms with E-state index in [9.17, 15) is 4.79 Å². The Morgan fingerprint density at radius 1 is 1.09 bits per heavy atom. The minimum absolute atomic E-state index is 0.00304. The van der Waals surface area contributed by atoms with E-state index in [2.05, 4.69) is 25.3 Å². The first-order valence-electron chi connectivity index (χ1n) is 11.3. The van der Waals surface area contributed by atoms with Gasteiger partial charge in [0, 0.05) is 52.4 Å². The number of nitrogens with zero attached hydrogens (tertiary/aromatic N) is 4. The van der Waals surface area contributed by atoms with Crippen LogP contribution in [-0.4, -0.2) is 57.4 Å². The van der Waals surface area contributed by atoms with E-state index < -0.39 is 5.82 Å². The number of aromatic nitrogens is 4. The number of likely N-dealkylation sites (N-methyl/N-ethyl adjacent to an activating group) is 1. The van der Waals surface area contributed by atoms with Gasteiger partial charge in [-0.2, -0.15) is 0 Å². The second-order valence-electron chi connectivity index (χ2n) is 8.90. The quantitative estimate of drug-likeness (QED) is 0.379. The van der Waals surface area contributed by atoms with E-state index >= 15 is 4.39 Å². The highest BCUT2D eigenvalue weighted by Crippen LogP contribution is 2.36. The molecule has 1 atom stereocenters. The highest BCUT2D eigenvalue weighted by atomic mass is 19.1. The Morgan fingerprint density at radius 2 is 1.89 bits per heavy atom. The molecular weight excluding hydrogens is 443 g/mol. The molecule has 7 nitrogen and oxygen atoms in total. The van der Waals surface area contributed by atoms with Gasteiger partial charge in [0.1, 0.15) is 11.5 Å². The minimum atomic E-state index is -0.435. The molecule has 1 amide bonds. The van der Waals surface area contributed by atoms with Crippen LogP contribution in [-0.2, 0) is 0 Å². The molecule has 35 heavy (non-hydrogen) atoms. The van der Waals surface area contributed by atoms with Gasteiger partial charge in [0.25, 0.3) is 5.91 Å². The van der Waals surface area contributed by atoms with Crippen LogP contribution in [0.1, 0.15) is 17.3 Å². The Bertz CT molecular complexity index is 1510. The summed E-state index contributed by atoms with van der Waals surface area (Å²) in [4.78, 5) is 30.9. The lowest BCUT2D eigenvalue weighted by Gasteiger charge is -2.18. The Hall–Kier alpha value is -4.17. The lowest BCUT2D eigenvalue weighted by atomic mass is 9.99. The molecule has 5 aromatic rings. The van der Waals surface area contributed by atoms with Crippen LogP contribution >= 0.6 is 0 Å². The van der Waals surface area contributed by atoms with E-state index in [0.29, 0.717) is 27.7 Å². The molecule has 8 heteroatoms. The zero-order valence-corrected chi connectivity index (χ0v) is 19.7. The molecule has 5 rings (SSSR count). The maximum Gasteiger partial charge on any atom is 0.251 e. The Kier molecular flexibility index (Phi) is 5.96. The van der Waals surface area contributed by atoms with Crippen molar-refractivity contribution in [2.75, 3.05) is 20.6 Å². The van der Waals surface area contributed by atoms with Crippen molar-refractivity contribution in [1.82, 2.24) is 30.2 Å². The fraction of sp³-hybridized carbons (Fsp3) is 0.185. The van der Waals surface area contributed by atoms with Gasteiger partial charge in [0.05, 0.1) is 23.6 Å². The van der Waals surface area contributed by atoms with Gasteiger partial charge in [-0.3, -0.25) is 14.8 Å². The van der Waals surface area contributed by atoms with Crippen molar-refractivity contribution in [3.63, 3.8) is 0 Å². The lowest BCUT2D eigenvalue weighted by molar-refractivity contribution is 0.0934. The van der Waals surface area contributed by atoms with Crippen molar-refractivity contribution >= 4 is 27.8 Å². The number of aromatic amines is 1. The molecule has 0 aliphatic rings. The number of rotatable bonds is 6. The van der Waals surface area contributed by atoms with Crippen LogP contribution in [0.5, 0.6) is 0 Å². The average Bonchev–Trinajstić information content (AvgIpc) is 3.22. The van der Waals surface area contributed by atoms with Crippen LogP contribution in [0.15, 0.2) is 67.3 Å². The second-order valence-corrected chi connectivity index (χ2v) is 8.90. The molecule has 4 heterocycles. The third-order valence-corrected chi connectivity index (χ3v) is 5.87. The Labute approximate surface area is 202 Å². The van der Waals surface area contributed by atoms with Crippen molar-refractivity contribution in [3.8, 4) is 22.4 Å². The summed E-state index contributed by atoms with van der Waals surface area (Å²) in [6.45, 7) is 2.70. The third kappa shape index (κ3) is 4.48. The van der Waals surface area contributed by atoms with Crippen LogP contribution in [0, 0.1) is 5.82 Å². The van der Waals surface area contributed by atoms with Crippen LogP contribution in [0.2, 0.25) is 0 Å². The van der Waals surface area contributed by atoms with E-state index in [1.165, 1.54) is 6.20 Å². The zero-order valence-electron chi connectivity index (χ0n) is 19.7. The highest BCUT2D eigenvalue weighted by molar-refractivity contribution is 6.13. The van der Waals surface area contributed by atoms with Gasteiger partial charge < -0.3 is 15.2 Å². The van der Waals surface area contributed by atoms with E-state index in [1.54, 1.807) is 42.9 Å². The number of amides is 1. The summed E-state index contributed by atoms with van der Waals surface area (Å²) in [6.07, 6.45) is 6.39. The summed E-state index contributed by atoms with van der Waals surface area (Å²) in [5.41, 5.74) is 4.55. The molecule has 0 bridgehead atoms. The van der Waals surface area contributed by atoms with Gasteiger partial charge in [0.2, 0.25) is 0 Å². The second kappa shape index (κ2) is 9.23. The smallest absolute Gasteiger partial charge is 0.251 e. The topological polar surface area (TPSA) is 86.8 Å². The number of fused-ring (bicyclic) bond motifs is 3. The number of carbonyl (C=O) groups is 1. The summed E-state index contributed by atoms with van der Waals surface area (Å²) in [5.74, 6) is -0.597. The van der Waals surface area contributed by atoms with Crippen LogP contribution in [0.25, 0.3) is 44.3 Å². The molecular formula is C27H25FN6O. The molecule has 0 fully saturated rings. The molecule has 2 N–H and O–H groups in total. The molecule has 1 aromatic carbocycles. The SMILES string of the molecule is CC(CN(C)C)NC(=O)c1ccc(-c2c(F)cnc3[nH]c4cnc(-c5cccnc5)cc4c23)cc1. The van der Waals surface area contributed by atoms with Gasteiger partial charge >= 0.3 is 0 Å². The van der Waals surface area contributed by atoms with E-state index in [-0.39, 0.29) is 11.9 Å². The highest BCUT2D eigenvalue weighted by Gasteiger charge is 2.18. The summed E-state index contributed by atoms with van der Waals surface area (Å²) in [6, 6.07) is 12.7. The molecule has 4 aromatic heterocycles. The number of nitrogens with one attached hydrogen (secondary N) is 2. The van der Waals surface area contributed by atoms with Gasteiger partial charge in [-0.1, -0.05) is 12.1 Å².